The molecule has 0 atom stereocenters. The average molecular weight is 243 g/mol. The summed E-state index contributed by atoms with van der Waals surface area (Å²) in [5, 5.41) is 0.876. The fraction of sp³-hybridized carbons (Fsp3) is 0.250. The second kappa shape index (κ2) is 5.34. The van der Waals surface area contributed by atoms with Crippen molar-refractivity contribution in [2.24, 2.45) is 0 Å². The third kappa shape index (κ3) is 2.83. The Hall–Kier alpha value is -0.790. The molecule has 0 amide bonds. The highest BCUT2D eigenvalue weighted by Crippen LogP contribution is 2.24. The summed E-state index contributed by atoms with van der Waals surface area (Å²) in [4.78, 5) is 11.9. The van der Waals surface area contributed by atoms with E-state index in [0.717, 1.165) is 12.0 Å². The van der Waals surface area contributed by atoms with E-state index in [1.807, 2.05) is 19.9 Å². The van der Waals surface area contributed by atoms with Crippen molar-refractivity contribution in [3.63, 3.8) is 0 Å². The van der Waals surface area contributed by atoms with E-state index < -0.39 is 0 Å². The normalized spacial score (nSPS) is 11.6. The number of hydrogen-bond donors (Lipinski definition) is 0. The molecule has 0 aliphatic heterocycles. The van der Waals surface area contributed by atoms with Gasteiger partial charge in [-0.15, -0.1) is 0 Å². The zero-order chi connectivity index (χ0) is 11.4. The molecule has 0 aliphatic carbocycles. The van der Waals surface area contributed by atoms with Gasteiger partial charge in [0, 0.05) is 5.56 Å². The molecule has 0 spiro atoms. The highest BCUT2D eigenvalue weighted by atomic mass is 35.5. The highest BCUT2D eigenvalue weighted by Gasteiger charge is 2.11. The molecule has 0 radical (unpaired) electrons. The van der Waals surface area contributed by atoms with Crippen molar-refractivity contribution in [3.05, 3.63) is 45.5 Å². The van der Waals surface area contributed by atoms with Crippen LogP contribution in [-0.4, -0.2) is 5.78 Å². The summed E-state index contributed by atoms with van der Waals surface area (Å²) in [6.07, 6.45) is 2.54. The lowest BCUT2D eigenvalue weighted by Gasteiger charge is -2.04. The third-order valence-electron chi connectivity index (χ3n) is 2.20. The molecule has 1 aromatic carbocycles. The molecule has 0 N–H and O–H groups in total. The van der Waals surface area contributed by atoms with Gasteiger partial charge in [0.2, 0.25) is 0 Å². The van der Waals surface area contributed by atoms with E-state index in [1.165, 1.54) is 0 Å². The first kappa shape index (κ1) is 12.3. The minimum atomic E-state index is 0.0126. The minimum absolute atomic E-state index is 0.0126. The Bertz CT molecular complexity index is 408. The fourth-order valence-corrected chi connectivity index (χ4v) is 1.62. The van der Waals surface area contributed by atoms with E-state index in [4.69, 9.17) is 23.2 Å². The molecule has 0 bridgehead atoms. The predicted octanol–water partition coefficient (Wildman–Crippen LogP) is 4.53. The zero-order valence-electron chi connectivity index (χ0n) is 8.68. The first-order valence-corrected chi connectivity index (χ1v) is 5.50. The van der Waals surface area contributed by atoms with Crippen LogP contribution >= 0.6 is 23.2 Å². The van der Waals surface area contributed by atoms with Crippen LogP contribution in [0, 0.1) is 0 Å². The van der Waals surface area contributed by atoms with Crippen molar-refractivity contribution < 1.29 is 4.79 Å². The quantitative estimate of drug-likeness (QED) is 0.563. The van der Waals surface area contributed by atoms with E-state index in [2.05, 4.69) is 0 Å². The maximum absolute atomic E-state index is 11.9. The van der Waals surface area contributed by atoms with Crippen LogP contribution in [0.25, 0.3) is 0 Å². The molecule has 0 heterocycles. The molecule has 1 nitrogen and oxygen atoms in total. The van der Waals surface area contributed by atoms with Gasteiger partial charge in [-0.25, -0.2) is 0 Å². The number of carbonyl (C=O) groups excluding carboxylic acids is 1. The van der Waals surface area contributed by atoms with Gasteiger partial charge < -0.3 is 0 Å². The average Bonchev–Trinajstić information content (AvgIpc) is 2.23. The van der Waals surface area contributed by atoms with E-state index in [1.54, 1.807) is 18.2 Å². The second-order valence-electron chi connectivity index (χ2n) is 3.13. The number of allylic oxidation sites excluding steroid dienone is 2. The molecular weight excluding hydrogens is 231 g/mol. The maximum Gasteiger partial charge on any atom is 0.188 e. The van der Waals surface area contributed by atoms with Gasteiger partial charge in [0.15, 0.2) is 5.78 Å². The Kier molecular flexibility index (Phi) is 4.37. The number of rotatable bonds is 3. The van der Waals surface area contributed by atoms with Gasteiger partial charge in [-0.1, -0.05) is 36.2 Å². The summed E-state index contributed by atoms with van der Waals surface area (Å²) in [5.74, 6) is 0.0126. The van der Waals surface area contributed by atoms with Crippen molar-refractivity contribution in [2.75, 3.05) is 0 Å². The molecule has 15 heavy (non-hydrogen) atoms. The second-order valence-corrected chi connectivity index (χ2v) is 3.94. The number of hydrogen-bond acceptors (Lipinski definition) is 1. The SMILES string of the molecule is C/C=C(/CC)C(=O)c1ccc(Cl)c(Cl)c1. The molecular formula is C12H12Cl2O. The predicted molar refractivity (Wildman–Crippen MR) is 64.8 cm³/mol. The highest BCUT2D eigenvalue weighted by molar-refractivity contribution is 6.42. The number of ketones is 1. The molecule has 1 aromatic rings. The first-order valence-electron chi connectivity index (χ1n) is 4.75. The molecule has 0 saturated heterocycles. The summed E-state index contributed by atoms with van der Waals surface area (Å²) in [5.41, 5.74) is 1.37. The lowest BCUT2D eigenvalue weighted by atomic mass is 10.0. The molecule has 0 unspecified atom stereocenters. The molecule has 0 aliphatic rings. The van der Waals surface area contributed by atoms with Crippen molar-refractivity contribution in [1.82, 2.24) is 0 Å². The van der Waals surface area contributed by atoms with Gasteiger partial charge in [0.25, 0.3) is 0 Å². The number of halogens is 2. The van der Waals surface area contributed by atoms with E-state index in [-0.39, 0.29) is 5.78 Å². The van der Waals surface area contributed by atoms with Crippen LogP contribution in [0.1, 0.15) is 30.6 Å². The van der Waals surface area contributed by atoms with Crippen LogP contribution in [0.4, 0.5) is 0 Å². The van der Waals surface area contributed by atoms with Gasteiger partial charge in [-0.2, -0.15) is 0 Å². The zero-order valence-corrected chi connectivity index (χ0v) is 10.2. The Balaban J connectivity index is 3.07. The van der Waals surface area contributed by atoms with Gasteiger partial charge in [-0.05, 0) is 37.1 Å². The van der Waals surface area contributed by atoms with Gasteiger partial charge in [0.1, 0.15) is 0 Å². The molecule has 1 rings (SSSR count). The molecule has 80 valence electrons. The van der Waals surface area contributed by atoms with Crippen LogP contribution in [0.2, 0.25) is 10.0 Å². The molecule has 0 saturated carbocycles. The van der Waals surface area contributed by atoms with Gasteiger partial charge >= 0.3 is 0 Å². The smallest absolute Gasteiger partial charge is 0.188 e. The van der Waals surface area contributed by atoms with E-state index >= 15 is 0 Å². The Morgan fingerprint density at radius 2 is 2.00 bits per heavy atom. The minimum Gasteiger partial charge on any atom is -0.289 e. The topological polar surface area (TPSA) is 17.1 Å². The maximum atomic E-state index is 11.9. The number of benzene rings is 1. The van der Waals surface area contributed by atoms with Crippen LogP contribution < -0.4 is 0 Å². The lowest BCUT2D eigenvalue weighted by Crippen LogP contribution is -2.02. The summed E-state index contributed by atoms with van der Waals surface area (Å²) in [6.45, 7) is 3.80. The molecule has 0 aromatic heterocycles. The summed E-state index contributed by atoms with van der Waals surface area (Å²) < 4.78 is 0. The monoisotopic (exact) mass is 242 g/mol. The number of carbonyl (C=O) groups is 1. The van der Waals surface area contributed by atoms with Gasteiger partial charge in [-0.3, -0.25) is 4.79 Å². The Morgan fingerprint density at radius 3 is 2.47 bits per heavy atom. The summed E-state index contributed by atoms with van der Waals surface area (Å²) in [7, 11) is 0. The fourth-order valence-electron chi connectivity index (χ4n) is 1.32. The van der Waals surface area contributed by atoms with Crippen LogP contribution in [0.3, 0.4) is 0 Å². The Labute approximate surface area is 99.7 Å². The van der Waals surface area contributed by atoms with Crippen molar-refractivity contribution >= 4 is 29.0 Å². The van der Waals surface area contributed by atoms with Gasteiger partial charge in [0.05, 0.1) is 10.0 Å². The number of Topliss-reactive ketones (excluding diaryl/α,β-unsaturated/α-hetero) is 1. The summed E-state index contributed by atoms with van der Waals surface area (Å²) >= 11 is 11.6. The third-order valence-corrected chi connectivity index (χ3v) is 2.94. The lowest BCUT2D eigenvalue weighted by molar-refractivity contribution is 0.103. The van der Waals surface area contributed by atoms with Crippen LogP contribution in [0.5, 0.6) is 0 Å². The van der Waals surface area contributed by atoms with Crippen LogP contribution in [0.15, 0.2) is 29.8 Å². The van der Waals surface area contributed by atoms with Crippen molar-refractivity contribution in [1.29, 1.82) is 0 Å². The van der Waals surface area contributed by atoms with Crippen molar-refractivity contribution in [3.8, 4) is 0 Å². The molecule has 0 fully saturated rings. The largest absolute Gasteiger partial charge is 0.289 e. The Morgan fingerprint density at radius 1 is 1.33 bits per heavy atom. The summed E-state index contributed by atoms with van der Waals surface area (Å²) in [6, 6.07) is 4.93. The standard InChI is InChI=1S/C12H12Cl2O/c1-3-8(4-2)12(15)9-5-6-10(13)11(14)7-9/h3,5-7H,4H2,1-2H3/b8-3-. The van der Waals surface area contributed by atoms with Crippen molar-refractivity contribution in [2.45, 2.75) is 20.3 Å². The van der Waals surface area contributed by atoms with E-state index in [9.17, 15) is 4.79 Å². The first-order chi connectivity index (χ1) is 7.10. The van der Waals surface area contributed by atoms with E-state index in [0.29, 0.717) is 15.6 Å². The van der Waals surface area contributed by atoms with Crippen LogP contribution in [-0.2, 0) is 0 Å². The molecule has 3 heteroatoms.